The summed E-state index contributed by atoms with van der Waals surface area (Å²) in [5, 5.41) is 10.7. The summed E-state index contributed by atoms with van der Waals surface area (Å²) in [7, 11) is 0. The van der Waals surface area contributed by atoms with Crippen molar-refractivity contribution in [3.8, 4) is 0 Å². The molecule has 0 aliphatic carbocycles. The van der Waals surface area contributed by atoms with E-state index < -0.39 is 16.6 Å². The maximum absolute atomic E-state index is 12.3. The maximum atomic E-state index is 12.3. The molecule has 2 aromatic rings. The third-order valence-corrected chi connectivity index (χ3v) is 2.76. The standard InChI is InChI=1S/C14H10N2O4/c15-14(18)12-7-2-1-6-11(12)13(17)9-4-3-5-10(8-9)16(19)20/h1-8H,(H2,15,18). The average Bonchev–Trinajstić information content (AvgIpc) is 2.46. The van der Waals surface area contributed by atoms with E-state index in [2.05, 4.69) is 0 Å². The van der Waals surface area contributed by atoms with Crippen molar-refractivity contribution in [2.24, 2.45) is 5.73 Å². The fourth-order valence-corrected chi connectivity index (χ4v) is 1.81. The summed E-state index contributed by atoms with van der Waals surface area (Å²) in [5.74, 6) is -1.21. The number of hydrogen-bond acceptors (Lipinski definition) is 4. The number of hydrogen-bond donors (Lipinski definition) is 1. The summed E-state index contributed by atoms with van der Waals surface area (Å²) in [6, 6.07) is 11.4. The van der Waals surface area contributed by atoms with Gasteiger partial charge in [-0.05, 0) is 6.07 Å². The Hall–Kier alpha value is -3.02. The Balaban J connectivity index is 2.49. The van der Waals surface area contributed by atoms with Gasteiger partial charge in [-0.1, -0.05) is 30.3 Å². The van der Waals surface area contributed by atoms with E-state index in [1.165, 1.54) is 36.4 Å². The highest BCUT2D eigenvalue weighted by atomic mass is 16.6. The van der Waals surface area contributed by atoms with Gasteiger partial charge in [-0.25, -0.2) is 0 Å². The van der Waals surface area contributed by atoms with Crippen LogP contribution in [0, 0.1) is 10.1 Å². The van der Waals surface area contributed by atoms with Gasteiger partial charge in [-0.15, -0.1) is 0 Å². The zero-order chi connectivity index (χ0) is 14.7. The Morgan fingerprint density at radius 1 is 1.00 bits per heavy atom. The van der Waals surface area contributed by atoms with Gasteiger partial charge in [-0.2, -0.15) is 0 Å². The van der Waals surface area contributed by atoms with Crippen LogP contribution in [0.2, 0.25) is 0 Å². The van der Waals surface area contributed by atoms with Gasteiger partial charge in [-0.3, -0.25) is 19.7 Å². The molecular formula is C14H10N2O4. The Morgan fingerprint density at radius 3 is 2.25 bits per heavy atom. The van der Waals surface area contributed by atoms with Crippen molar-refractivity contribution in [3.63, 3.8) is 0 Å². The molecule has 0 unspecified atom stereocenters. The van der Waals surface area contributed by atoms with Crippen LogP contribution in [0.25, 0.3) is 0 Å². The minimum absolute atomic E-state index is 0.0870. The lowest BCUT2D eigenvalue weighted by atomic mass is 9.98. The van der Waals surface area contributed by atoms with Crippen LogP contribution in [0.15, 0.2) is 48.5 Å². The number of non-ortho nitro benzene ring substituents is 1. The second-order valence-corrected chi connectivity index (χ2v) is 4.05. The van der Waals surface area contributed by atoms with Gasteiger partial charge in [0, 0.05) is 23.3 Å². The largest absolute Gasteiger partial charge is 0.366 e. The van der Waals surface area contributed by atoms with Crippen LogP contribution in [0.1, 0.15) is 26.3 Å². The molecule has 0 heterocycles. The number of benzene rings is 2. The van der Waals surface area contributed by atoms with Gasteiger partial charge in [0.1, 0.15) is 0 Å². The fraction of sp³-hybridized carbons (Fsp3) is 0. The molecule has 20 heavy (non-hydrogen) atoms. The van der Waals surface area contributed by atoms with Crippen molar-refractivity contribution in [2.75, 3.05) is 0 Å². The molecule has 0 spiro atoms. The first-order chi connectivity index (χ1) is 9.50. The van der Waals surface area contributed by atoms with E-state index in [1.54, 1.807) is 12.1 Å². The van der Waals surface area contributed by atoms with Gasteiger partial charge in [0.2, 0.25) is 5.91 Å². The van der Waals surface area contributed by atoms with E-state index in [0.29, 0.717) is 0 Å². The second-order valence-electron chi connectivity index (χ2n) is 4.05. The number of nitro groups is 1. The van der Waals surface area contributed by atoms with Gasteiger partial charge in [0.15, 0.2) is 5.78 Å². The lowest BCUT2D eigenvalue weighted by Gasteiger charge is -2.05. The third-order valence-electron chi connectivity index (χ3n) is 2.76. The quantitative estimate of drug-likeness (QED) is 0.520. The van der Waals surface area contributed by atoms with Crippen molar-refractivity contribution >= 4 is 17.4 Å². The van der Waals surface area contributed by atoms with Gasteiger partial charge >= 0.3 is 0 Å². The first-order valence-corrected chi connectivity index (χ1v) is 5.68. The number of amides is 1. The van der Waals surface area contributed by atoms with Crippen molar-refractivity contribution in [3.05, 3.63) is 75.3 Å². The van der Waals surface area contributed by atoms with Crippen LogP contribution in [0.4, 0.5) is 5.69 Å². The number of nitrogens with zero attached hydrogens (tertiary/aromatic N) is 1. The topological polar surface area (TPSA) is 103 Å². The molecule has 6 heteroatoms. The van der Waals surface area contributed by atoms with E-state index in [-0.39, 0.29) is 22.4 Å². The molecule has 0 saturated carbocycles. The smallest absolute Gasteiger partial charge is 0.270 e. The number of carbonyl (C=O) groups excluding carboxylic acids is 2. The van der Waals surface area contributed by atoms with Gasteiger partial charge in [0.25, 0.3) is 5.69 Å². The summed E-state index contributed by atoms with van der Waals surface area (Å²) < 4.78 is 0. The highest BCUT2D eigenvalue weighted by Gasteiger charge is 2.18. The van der Waals surface area contributed by atoms with Crippen LogP contribution >= 0.6 is 0 Å². The van der Waals surface area contributed by atoms with Crippen LogP contribution in [0.3, 0.4) is 0 Å². The van der Waals surface area contributed by atoms with Gasteiger partial charge in [0.05, 0.1) is 10.5 Å². The molecule has 2 aromatic carbocycles. The number of nitro benzene ring substituents is 1. The predicted molar refractivity (Wildman–Crippen MR) is 71.5 cm³/mol. The third kappa shape index (κ3) is 2.54. The first kappa shape index (κ1) is 13.4. The zero-order valence-electron chi connectivity index (χ0n) is 10.3. The van der Waals surface area contributed by atoms with Crippen molar-refractivity contribution in [1.82, 2.24) is 0 Å². The number of rotatable bonds is 4. The zero-order valence-corrected chi connectivity index (χ0v) is 10.3. The van der Waals surface area contributed by atoms with Crippen LogP contribution < -0.4 is 5.73 Å². The monoisotopic (exact) mass is 270 g/mol. The molecule has 0 aliphatic rings. The Morgan fingerprint density at radius 2 is 1.65 bits per heavy atom. The maximum Gasteiger partial charge on any atom is 0.270 e. The molecule has 0 bridgehead atoms. The van der Waals surface area contributed by atoms with E-state index >= 15 is 0 Å². The summed E-state index contributed by atoms with van der Waals surface area (Å²) >= 11 is 0. The predicted octanol–water partition coefficient (Wildman–Crippen LogP) is 1.92. The Labute approximate surface area is 114 Å². The molecule has 2 N–H and O–H groups in total. The Kier molecular flexibility index (Phi) is 3.56. The normalized spacial score (nSPS) is 10.0. The molecule has 0 fully saturated rings. The lowest BCUT2D eigenvalue weighted by Crippen LogP contribution is -2.16. The van der Waals surface area contributed by atoms with E-state index in [9.17, 15) is 19.7 Å². The summed E-state index contributed by atoms with van der Waals surface area (Å²) in [6.07, 6.45) is 0. The molecule has 0 aliphatic heterocycles. The van der Waals surface area contributed by atoms with Gasteiger partial charge < -0.3 is 5.73 Å². The van der Waals surface area contributed by atoms with E-state index in [1.807, 2.05) is 0 Å². The number of carbonyl (C=O) groups is 2. The summed E-state index contributed by atoms with van der Waals surface area (Å²) in [4.78, 5) is 33.7. The van der Waals surface area contributed by atoms with Crippen molar-refractivity contribution in [2.45, 2.75) is 0 Å². The van der Waals surface area contributed by atoms with Crippen molar-refractivity contribution in [1.29, 1.82) is 0 Å². The molecule has 100 valence electrons. The molecule has 2 rings (SSSR count). The SMILES string of the molecule is NC(=O)c1ccccc1C(=O)c1cccc([N+](=O)[O-])c1. The van der Waals surface area contributed by atoms with Crippen LogP contribution in [0.5, 0.6) is 0 Å². The highest BCUT2D eigenvalue weighted by Crippen LogP contribution is 2.18. The first-order valence-electron chi connectivity index (χ1n) is 5.68. The summed E-state index contributed by atoms with van der Waals surface area (Å²) in [5.41, 5.74) is 5.37. The number of nitrogens with two attached hydrogens (primary N) is 1. The minimum atomic E-state index is -0.723. The van der Waals surface area contributed by atoms with E-state index in [4.69, 9.17) is 5.73 Å². The molecule has 0 atom stereocenters. The fourth-order valence-electron chi connectivity index (χ4n) is 1.81. The molecule has 0 saturated heterocycles. The molecular weight excluding hydrogens is 260 g/mol. The van der Waals surface area contributed by atoms with Crippen molar-refractivity contribution < 1.29 is 14.5 Å². The Bertz CT molecular complexity index is 710. The number of ketones is 1. The van der Waals surface area contributed by atoms with Crippen LogP contribution in [-0.4, -0.2) is 16.6 Å². The average molecular weight is 270 g/mol. The summed E-state index contributed by atoms with van der Waals surface area (Å²) in [6.45, 7) is 0. The van der Waals surface area contributed by atoms with E-state index in [0.717, 1.165) is 0 Å². The lowest BCUT2D eigenvalue weighted by molar-refractivity contribution is -0.384. The molecule has 0 radical (unpaired) electrons. The highest BCUT2D eigenvalue weighted by molar-refractivity contribution is 6.15. The molecule has 0 aromatic heterocycles. The van der Waals surface area contributed by atoms with Crippen LogP contribution in [-0.2, 0) is 0 Å². The number of primary amides is 1. The molecule has 1 amide bonds. The molecule has 6 nitrogen and oxygen atoms in total. The minimum Gasteiger partial charge on any atom is -0.366 e. The second kappa shape index (κ2) is 5.31.